The molecule has 0 bridgehead atoms. The number of para-hydroxylation sites is 2. The Hall–Kier alpha value is -2.14. The molecule has 5 heteroatoms. The van der Waals surface area contributed by atoms with Gasteiger partial charge in [0, 0.05) is 17.9 Å². The molecule has 0 aliphatic carbocycles. The molecule has 0 aromatic heterocycles. The van der Waals surface area contributed by atoms with Gasteiger partial charge in [0.25, 0.3) is 0 Å². The van der Waals surface area contributed by atoms with Crippen molar-refractivity contribution in [2.75, 3.05) is 24.4 Å². The normalized spacial score (nSPS) is 10.1. The zero-order valence-electron chi connectivity index (χ0n) is 12.7. The smallest absolute Gasteiger partial charge is 0.225 e. The number of benzene rings is 2. The van der Waals surface area contributed by atoms with Gasteiger partial charge in [0.05, 0.1) is 7.11 Å². The maximum Gasteiger partial charge on any atom is 0.225 e. The number of hydrogen-bond acceptors (Lipinski definition) is 4. The van der Waals surface area contributed by atoms with Gasteiger partial charge in [-0.3, -0.25) is 4.79 Å². The van der Waals surface area contributed by atoms with E-state index in [0.717, 1.165) is 11.4 Å². The molecule has 0 unspecified atom stereocenters. The summed E-state index contributed by atoms with van der Waals surface area (Å²) in [5, 5.41) is 2.86. The van der Waals surface area contributed by atoms with Crippen LogP contribution in [0.5, 0.6) is 17.2 Å². The summed E-state index contributed by atoms with van der Waals surface area (Å²) in [5.74, 6) is 2.86. The summed E-state index contributed by atoms with van der Waals surface area (Å²) in [4.78, 5) is 11.7. The van der Waals surface area contributed by atoms with Gasteiger partial charge in [-0.2, -0.15) is 11.8 Å². The van der Waals surface area contributed by atoms with E-state index in [4.69, 9.17) is 9.47 Å². The Morgan fingerprint density at radius 1 is 1.09 bits per heavy atom. The van der Waals surface area contributed by atoms with Crippen LogP contribution in [-0.4, -0.2) is 25.0 Å². The molecule has 0 atom stereocenters. The first-order valence-corrected chi connectivity index (χ1v) is 8.32. The van der Waals surface area contributed by atoms with Gasteiger partial charge in [-0.05, 0) is 42.7 Å². The minimum Gasteiger partial charge on any atom is -0.493 e. The van der Waals surface area contributed by atoms with E-state index in [1.165, 1.54) is 0 Å². The van der Waals surface area contributed by atoms with Gasteiger partial charge in [0.1, 0.15) is 5.75 Å². The molecule has 1 N–H and O–H groups in total. The maximum absolute atomic E-state index is 11.7. The highest BCUT2D eigenvalue weighted by atomic mass is 32.2. The predicted octanol–water partition coefficient (Wildman–Crippen LogP) is 4.18. The molecule has 0 heterocycles. The van der Waals surface area contributed by atoms with E-state index in [1.54, 1.807) is 18.9 Å². The molecule has 0 aliphatic heterocycles. The van der Waals surface area contributed by atoms with E-state index in [2.05, 4.69) is 5.32 Å². The number of carbonyl (C=O) groups excluding carboxylic acids is 1. The first-order chi connectivity index (χ1) is 10.7. The molecule has 2 rings (SSSR count). The number of anilines is 1. The minimum absolute atomic E-state index is 0.0211. The molecule has 2 aromatic carbocycles. The van der Waals surface area contributed by atoms with E-state index in [9.17, 15) is 4.79 Å². The zero-order valence-corrected chi connectivity index (χ0v) is 13.5. The average Bonchev–Trinajstić information content (AvgIpc) is 2.55. The molecule has 1 amide bonds. The van der Waals surface area contributed by atoms with Crippen LogP contribution in [0.15, 0.2) is 48.5 Å². The Balaban J connectivity index is 1.98. The molecule has 0 saturated carbocycles. The molecule has 4 nitrogen and oxygen atoms in total. The molecule has 116 valence electrons. The molecular formula is C17H19NO3S. The SMILES string of the molecule is COc1ccccc1Oc1ccc(NC(=O)CCSC)cc1. The van der Waals surface area contributed by atoms with Crippen LogP contribution < -0.4 is 14.8 Å². The number of nitrogens with one attached hydrogen (secondary N) is 1. The van der Waals surface area contributed by atoms with Crippen molar-refractivity contribution in [1.82, 2.24) is 0 Å². The number of ether oxygens (including phenoxy) is 2. The summed E-state index contributed by atoms with van der Waals surface area (Å²) in [5.41, 5.74) is 0.762. The minimum atomic E-state index is 0.0211. The average molecular weight is 317 g/mol. The van der Waals surface area contributed by atoms with Gasteiger partial charge in [-0.15, -0.1) is 0 Å². The monoisotopic (exact) mass is 317 g/mol. The molecule has 0 fully saturated rings. The van der Waals surface area contributed by atoms with Gasteiger partial charge in [0.2, 0.25) is 5.91 Å². The van der Waals surface area contributed by atoms with Gasteiger partial charge in [0.15, 0.2) is 11.5 Å². The summed E-state index contributed by atoms with van der Waals surface area (Å²) < 4.78 is 11.0. The third-order valence-electron chi connectivity index (χ3n) is 2.97. The summed E-state index contributed by atoms with van der Waals surface area (Å²) in [7, 11) is 1.61. The Morgan fingerprint density at radius 3 is 2.41 bits per heavy atom. The van der Waals surface area contributed by atoms with Crippen molar-refractivity contribution in [3.8, 4) is 17.2 Å². The fourth-order valence-electron chi connectivity index (χ4n) is 1.85. The second-order valence-corrected chi connectivity index (χ2v) is 5.55. The number of rotatable bonds is 7. The number of methoxy groups -OCH3 is 1. The van der Waals surface area contributed by atoms with E-state index in [-0.39, 0.29) is 5.91 Å². The predicted molar refractivity (Wildman–Crippen MR) is 91.1 cm³/mol. The highest BCUT2D eigenvalue weighted by Gasteiger charge is 2.05. The molecule has 0 radical (unpaired) electrons. The largest absolute Gasteiger partial charge is 0.493 e. The molecule has 0 spiro atoms. The van der Waals surface area contributed by atoms with Crippen molar-refractivity contribution in [2.24, 2.45) is 0 Å². The second kappa shape index (κ2) is 8.34. The lowest BCUT2D eigenvalue weighted by Crippen LogP contribution is -2.11. The fourth-order valence-corrected chi connectivity index (χ4v) is 2.24. The van der Waals surface area contributed by atoms with E-state index < -0.39 is 0 Å². The third-order valence-corrected chi connectivity index (χ3v) is 3.58. The summed E-state index contributed by atoms with van der Waals surface area (Å²) in [6, 6.07) is 14.7. The van der Waals surface area contributed by atoms with Crippen LogP contribution in [0.1, 0.15) is 6.42 Å². The zero-order chi connectivity index (χ0) is 15.8. The van der Waals surface area contributed by atoms with E-state index in [0.29, 0.717) is 23.7 Å². The number of carbonyl (C=O) groups is 1. The fraction of sp³-hybridized carbons (Fsp3) is 0.235. The molecule has 0 saturated heterocycles. The van der Waals surface area contributed by atoms with Gasteiger partial charge in [-0.1, -0.05) is 12.1 Å². The lowest BCUT2D eigenvalue weighted by atomic mass is 10.3. The highest BCUT2D eigenvalue weighted by molar-refractivity contribution is 7.98. The molecular weight excluding hydrogens is 298 g/mol. The Labute approximate surface area is 134 Å². The summed E-state index contributed by atoms with van der Waals surface area (Å²) in [6.07, 6.45) is 2.50. The van der Waals surface area contributed by atoms with Crippen LogP contribution in [0, 0.1) is 0 Å². The van der Waals surface area contributed by atoms with E-state index >= 15 is 0 Å². The van der Waals surface area contributed by atoms with Crippen molar-refractivity contribution >= 4 is 23.4 Å². The van der Waals surface area contributed by atoms with E-state index in [1.807, 2.05) is 54.8 Å². The Bertz CT molecular complexity index is 614. The standard InChI is InChI=1S/C17H19NO3S/c1-20-15-5-3-4-6-16(15)21-14-9-7-13(8-10-14)18-17(19)11-12-22-2/h3-10H,11-12H2,1-2H3,(H,18,19). The van der Waals surface area contributed by atoms with Crippen molar-refractivity contribution in [3.63, 3.8) is 0 Å². The lowest BCUT2D eigenvalue weighted by molar-refractivity contribution is -0.115. The molecule has 2 aromatic rings. The summed E-state index contributed by atoms with van der Waals surface area (Å²) in [6.45, 7) is 0. The number of thioether (sulfide) groups is 1. The highest BCUT2D eigenvalue weighted by Crippen LogP contribution is 2.31. The quantitative estimate of drug-likeness (QED) is 0.832. The Kier molecular flexibility index (Phi) is 6.15. The second-order valence-electron chi connectivity index (χ2n) is 4.57. The van der Waals surface area contributed by atoms with Gasteiger partial charge < -0.3 is 14.8 Å². The molecule has 22 heavy (non-hydrogen) atoms. The van der Waals surface area contributed by atoms with Crippen LogP contribution in [0.2, 0.25) is 0 Å². The van der Waals surface area contributed by atoms with Crippen molar-refractivity contribution < 1.29 is 14.3 Å². The van der Waals surface area contributed by atoms with Crippen LogP contribution >= 0.6 is 11.8 Å². The topological polar surface area (TPSA) is 47.6 Å². The van der Waals surface area contributed by atoms with Crippen molar-refractivity contribution in [2.45, 2.75) is 6.42 Å². The first-order valence-electron chi connectivity index (χ1n) is 6.92. The third kappa shape index (κ3) is 4.70. The van der Waals surface area contributed by atoms with Crippen LogP contribution in [-0.2, 0) is 4.79 Å². The first kappa shape index (κ1) is 16.2. The van der Waals surface area contributed by atoms with Crippen molar-refractivity contribution in [1.29, 1.82) is 0 Å². The van der Waals surface area contributed by atoms with Crippen molar-refractivity contribution in [3.05, 3.63) is 48.5 Å². The van der Waals surface area contributed by atoms with Crippen LogP contribution in [0.4, 0.5) is 5.69 Å². The number of hydrogen-bond donors (Lipinski definition) is 1. The van der Waals surface area contributed by atoms with Crippen LogP contribution in [0.25, 0.3) is 0 Å². The lowest BCUT2D eigenvalue weighted by Gasteiger charge is -2.10. The number of amides is 1. The van der Waals surface area contributed by atoms with Gasteiger partial charge in [-0.25, -0.2) is 0 Å². The molecule has 0 aliphatic rings. The van der Waals surface area contributed by atoms with Gasteiger partial charge >= 0.3 is 0 Å². The summed E-state index contributed by atoms with van der Waals surface area (Å²) >= 11 is 1.65. The van der Waals surface area contributed by atoms with Crippen LogP contribution in [0.3, 0.4) is 0 Å². The Morgan fingerprint density at radius 2 is 1.77 bits per heavy atom. The maximum atomic E-state index is 11.7.